The minimum Gasteiger partial charge on any atom is -0.389 e. The Balaban J connectivity index is 2.54. The first kappa shape index (κ1) is 12.8. The van der Waals surface area contributed by atoms with Crippen molar-refractivity contribution in [3.8, 4) is 0 Å². The van der Waals surface area contributed by atoms with Gasteiger partial charge in [0.15, 0.2) is 0 Å². The summed E-state index contributed by atoms with van der Waals surface area (Å²) in [6.45, 7) is 4.25. The van der Waals surface area contributed by atoms with Gasteiger partial charge in [-0.25, -0.2) is 4.98 Å². The number of nitrogens with one attached hydrogen (secondary N) is 1. The number of benzene rings is 1. The van der Waals surface area contributed by atoms with Crippen LogP contribution in [0.25, 0.3) is 10.9 Å². The molecule has 1 unspecified atom stereocenters. The van der Waals surface area contributed by atoms with Crippen molar-refractivity contribution in [3.63, 3.8) is 0 Å². The Bertz CT molecular complexity index is 580. The molecule has 2 rings (SSSR count). The molecule has 0 aliphatic heterocycles. The zero-order valence-electron chi connectivity index (χ0n) is 10.6. The predicted octanol–water partition coefficient (Wildman–Crippen LogP) is 3.08. The molecule has 94 valence electrons. The van der Waals surface area contributed by atoms with Crippen molar-refractivity contribution in [2.24, 2.45) is 5.73 Å². The van der Waals surface area contributed by atoms with E-state index in [0.717, 1.165) is 28.7 Å². The number of aromatic nitrogens is 1. The third-order valence-corrected chi connectivity index (χ3v) is 3.21. The van der Waals surface area contributed by atoms with Gasteiger partial charge in [0.05, 0.1) is 5.52 Å². The molecule has 0 bridgehead atoms. The van der Waals surface area contributed by atoms with E-state index in [1.165, 1.54) is 0 Å². The average Bonchev–Trinajstić information content (AvgIpc) is 2.37. The maximum atomic E-state index is 5.79. The lowest BCUT2D eigenvalue weighted by atomic mass is 10.1. The molecule has 0 spiro atoms. The molecule has 0 saturated carbocycles. The Labute approximate surface area is 112 Å². The summed E-state index contributed by atoms with van der Waals surface area (Å²) in [5.41, 5.74) is 7.57. The first-order chi connectivity index (χ1) is 8.61. The van der Waals surface area contributed by atoms with Crippen molar-refractivity contribution in [1.29, 1.82) is 0 Å². The monoisotopic (exact) mass is 259 g/mol. The van der Waals surface area contributed by atoms with Crippen LogP contribution in [0.5, 0.6) is 0 Å². The number of pyridine rings is 1. The van der Waals surface area contributed by atoms with Crippen LogP contribution in [0, 0.1) is 0 Å². The zero-order chi connectivity index (χ0) is 13.1. The minimum absolute atomic E-state index is 0.373. The SMILES string of the molecule is CCC(C)Nc1cc(C(N)=S)c2ccccc2n1. The van der Waals surface area contributed by atoms with Gasteiger partial charge >= 0.3 is 0 Å². The van der Waals surface area contributed by atoms with Crippen LogP contribution in [-0.4, -0.2) is 16.0 Å². The number of thiocarbonyl (C=S) groups is 1. The van der Waals surface area contributed by atoms with E-state index < -0.39 is 0 Å². The molecule has 0 radical (unpaired) electrons. The number of rotatable bonds is 4. The van der Waals surface area contributed by atoms with Crippen LogP contribution >= 0.6 is 12.2 Å². The summed E-state index contributed by atoms with van der Waals surface area (Å²) in [6, 6.07) is 10.2. The van der Waals surface area contributed by atoms with E-state index in [1.54, 1.807) is 0 Å². The van der Waals surface area contributed by atoms with Crippen LogP contribution in [0.15, 0.2) is 30.3 Å². The summed E-state index contributed by atoms with van der Waals surface area (Å²) in [5, 5.41) is 4.35. The van der Waals surface area contributed by atoms with Gasteiger partial charge in [-0.2, -0.15) is 0 Å². The first-order valence-corrected chi connectivity index (χ1v) is 6.48. The van der Waals surface area contributed by atoms with Crippen LogP contribution in [-0.2, 0) is 0 Å². The maximum Gasteiger partial charge on any atom is 0.127 e. The highest BCUT2D eigenvalue weighted by Crippen LogP contribution is 2.21. The molecule has 3 nitrogen and oxygen atoms in total. The number of hydrogen-bond donors (Lipinski definition) is 2. The second kappa shape index (κ2) is 5.31. The van der Waals surface area contributed by atoms with Gasteiger partial charge in [-0.15, -0.1) is 0 Å². The molecule has 0 aliphatic rings. The second-order valence-corrected chi connectivity index (χ2v) is 4.83. The molecule has 0 amide bonds. The maximum absolute atomic E-state index is 5.79. The second-order valence-electron chi connectivity index (χ2n) is 4.39. The Morgan fingerprint density at radius 2 is 2.17 bits per heavy atom. The molecular formula is C14H17N3S. The van der Waals surface area contributed by atoms with Crippen LogP contribution in [0.2, 0.25) is 0 Å². The van der Waals surface area contributed by atoms with Gasteiger partial charge in [-0.05, 0) is 25.5 Å². The van der Waals surface area contributed by atoms with Crippen molar-refractivity contribution in [1.82, 2.24) is 4.98 Å². The summed E-state index contributed by atoms with van der Waals surface area (Å²) < 4.78 is 0. The van der Waals surface area contributed by atoms with Crippen molar-refractivity contribution >= 4 is 33.9 Å². The van der Waals surface area contributed by atoms with E-state index in [0.29, 0.717) is 11.0 Å². The molecule has 4 heteroatoms. The Kier molecular flexibility index (Phi) is 3.77. The fourth-order valence-electron chi connectivity index (χ4n) is 1.81. The number of para-hydroxylation sites is 1. The molecular weight excluding hydrogens is 242 g/mol. The van der Waals surface area contributed by atoms with Gasteiger partial charge in [-0.3, -0.25) is 0 Å². The van der Waals surface area contributed by atoms with Crippen molar-refractivity contribution in [3.05, 3.63) is 35.9 Å². The van der Waals surface area contributed by atoms with Crippen molar-refractivity contribution in [2.45, 2.75) is 26.3 Å². The predicted molar refractivity (Wildman–Crippen MR) is 81.0 cm³/mol. The van der Waals surface area contributed by atoms with Gasteiger partial charge in [-0.1, -0.05) is 37.3 Å². The van der Waals surface area contributed by atoms with E-state index in [1.807, 2.05) is 30.3 Å². The summed E-state index contributed by atoms with van der Waals surface area (Å²) in [6.07, 6.45) is 1.04. The molecule has 3 N–H and O–H groups in total. The van der Waals surface area contributed by atoms with E-state index in [2.05, 4.69) is 24.1 Å². The third kappa shape index (κ3) is 2.59. The van der Waals surface area contributed by atoms with Gasteiger partial charge < -0.3 is 11.1 Å². The summed E-state index contributed by atoms with van der Waals surface area (Å²) in [5.74, 6) is 0.825. The van der Waals surface area contributed by atoms with E-state index in [4.69, 9.17) is 18.0 Å². The fourth-order valence-corrected chi connectivity index (χ4v) is 1.98. The van der Waals surface area contributed by atoms with E-state index in [-0.39, 0.29) is 0 Å². The molecule has 0 saturated heterocycles. The molecule has 1 aromatic heterocycles. The van der Waals surface area contributed by atoms with Crippen LogP contribution in [0.4, 0.5) is 5.82 Å². The smallest absolute Gasteiger partial charge is 0.127 e. The number of anilines is 1. The quantitative estimate of drug-likeness (QED) is 0.828. The molecule has 1 heterocycles. The molecule has 1 aromatic carbocycles. The Morgan fingerprint density at radius 1 is 1.44 bits per heavy atom. The van der Waals surface area contributed by atoms with E-state index in [9.17, 15) is 0 Å². The Hall–Kier alpha value is -1.68. The normalized spacial score (nSPS) is 12.3. The van der Waals surface area contributed by atoms with E-state index >= 15 is 0 Å². The molecule has 2 aromatic rings. The summed E-state index contributed by atoms with van der Waals surface area (Å²) >= 11 is 5.11. The van der Waals surface area contributed by atoms with Gasteiger partial charge in [0.1, 0.15) is 10.8 Å². The fraction of sp³-hybridized carbons (Fsp3) is 0.286. The highest BCUT2D eigenvalue weighted by atomic mass is 32.1. The topological polar surface area (TPSA) is 50.9 Å². The Morgan fingerprint density at radius 3 is 2.83 bits per heavy atom. The summed E-state index contributed by atoms with van der Waals surface area (Å²) in [7, 11) is 0. The van der Waals surface area contributed by atoms with Gasteiger partial charge in [0, 0.05) is 17.0 Å². The van der Waals surface area contributed by atoms with Crippen LogP contribution < -0.4 is 11.1 Å². The minimum atomic E-state index is 0.373. The number of fused-ring (bicyclic) bond motifs is 1. The first-order valence-electron chi connectivity index (χ1n) is 6.08. The molecule has 0 fully saturated rings. The van der Waals surface area contributed by atoms with Crippen LogP contribution in [0.3, 0.4) is 0 Å². The molecule has 18 heavy (non-hydrogen) atoms. The highest BCUT2D eigenvalue weighted by molar-refractivity contribution is 7.80. The largest absolute Gasteiger partial charge is 0.389 e. The number of hydrogen-bond acceptors (Lipinski definition) is 3. The van der Waals surface area contributed by atoms with Crippen molar-refractivity contribution < 1.29 is 0 Å². The highest BCUT2D eigenvalue weighted by Gasteiger charge is 2.08. The molecule has 0 aliphatic carbocycles. The lowest BCUT2D eigenvalue weighted by molar-refractivity contribution is 0.760. The third-order valence-electron chi connectivity index (χ3n) is 2.99. The van der Waals surface area contributed by atoms with Gasteiger partial charge in [0.25, 0.3) is 0 Å². The number of nitrogens with zero attached hydrogens (tertiary/aromatic N) is 1. The number of nitrogens with two attached hydrogens (primary N) is 1. The van der Waals surface area contributed by atoms with Gasteiger partial charge in [0.2, 0.25) is 0 Å². The zero-order valence-corrected chi connectivity index (χ0v) is 11.4. The van der Waals surface area contributed by atoms with Crippen LogP contribution in [0.1, 0.15) is 25.8 Å². The summed E-state index contributed by atoms with van der Waals surface area (Å²) in [4.78, 5) is 4.98. The lowest BCUT2D eigenvalue weighted by Gasteiger charge is -2.14. The van der Waals surface area contributed by atoms with Crippen molar-refractivity contribution in [2.75, 3.05) is 5.32 Å². The average molecular weight is 259 g/mol. The lowest BCUT2D eigenvalue weighted by Crippen LogP contribution is -2.16. The standard InChI is InChI=1S/C14H17N3S/c1-3-9(2)16-13-8-11(14(15)18)10-6-4-5-7-12(10)17-13/h4-9H,3H2,1-2H3,(H2,15,18)(H,16,17). The molecule has 1 atom stereocenters.